The van der Waals surface area contributed by atoms with E-state index in [2.05, 4.69) is 145 Å². The Morgan fingerprint density at radius 2 is 1.03 bits per heavy atom. The fourth-order valence-electron chi connectivity index (χ4n) is 3.92. The molecule has 4 aromatic carbocycles. The molecule has 158 valence electrons. The Morgan fingerprint density at radius 1 is 0.625 bits per heavy atom. The van der Waals surface area contributed by atoms with Crippen LogP contribution in [0.2, 0.25) is 0 Å². The SMILES string of the molecule is CC/C=C/C(=C/[P+](c1ccccc1)(c1ccccc1)c1ccccc1)Nc1ccccc1. The summed E-state index contributed by atoms with van der Waals surface area (Å²) in [6.07, 6.45) is 5.43. The molecule has 0 atom stereocenters. The Hall–Kier alpha value is -3.41. The van der Waals surface area contributed by atoms with E-state index in [-0.39, 0.29) is 0 Å². The minimum absolute atomic E-state index is 0.987. The van der Waals surface area contributed by atoms with Crippen LogP contribution in [0, 0.1) is 0 Å². The summed E-state index contributed by atoms with van der Waals surface area (Å²) >= 11 is 0. The van der Waals surface area contributed by atoms with Gasteiger partial charge in [0.25, 0.3) is 0 Å². The largest absolute Gasteiger partial charge is 0.353 e. The zero-order valence-corrected chi connectivity index (χ0v) is 19.3. The van der Waals surface area contributed by atoms with Gasteiger partial charge in [-0.2, -0.15) is 0 Å². The Labute approximate surface area is 192 Å². The predicted molar refractivity (Wildman–Crippen MR) is 143 cm³/mol. The van der Waals surface area contributed by atoms with Gasteiger partial charge in [-0.15, -0.1) is 0 Å². The second-order valence-corrected chi connectivity index (χ2v) is 10.9. The van der Waals surface area contributed by atoms with Gasteiger partial charge < -0.3 is 5.32 Å². The average Bonchev–Trinajstić information content (AvgIpc) is 2.88. The van der Waals surface area contributed by atoms with Crippen molar-refractivity contribution in [2.45, 2.75) is 13.3 Å². The van der Waals surface area contributed by atoms with Crippen LogP contribution < -0.4 is 21.2 Å². The highest BCUT2D eigenvalue weighted by atomic mass is 31.2. The predicted octanol–water partition coefficient (Wildman–Crippen LogP) is 6.90. The van der Waals surface area contributed by atoms with Crippen LogP contribution in [0.25, 0.3) is 0 Å². The van der Waals surface area contributed by atoms with Crippen molar-refractivity contribution in [3.8, 4) is 0 Å². The molecule has 0 saturated carbocycles. The number of benzene rings is 4. The molecular formula is C30H29NP+. The highest BCUT2D eigenvalue weighted by Gasteiger charge is 2.44. The average molecular weight is 435 g/mol. The lowest BCUT2D eigenvalue weighted by Crippen LogP contribution is -2.30. The van der Waals surface area contributed by atoms with E-state index in [0.29, 0.717) is 0 Å². The first-order valence-electron chi connectivity index (χ1n) is 11.1. The van der Waals surface area contributed by atoms with Crippen molar-refractivity contribution in [1.29, 1.82) is 0 Å². The Bertz CT molecular complexity index is 1050. The van der Waals surface area contributed by atoms with Crippen molar-refractivity contribution in [2.24, 2.45) is 0 Å². The van der Waals surface area contributed by atoms with Crippen LogP contribution in [0.1, 0.15) is 13.3 Å². The number of para-hydroxylation sites is 1. The normalized spacial score (nSPS) is 12.1. The van der Waals surface area contributed by atoms with Crippen molar-refractivity contribution in [3.63, 3.8) is 0 Å². The molecule has 0 saturated heterocycles. The number of anilines is 1. The first kappa shape index (κ1) is 21.8. The molecule has 0 bridgehead atoms. The van der Waals surface area contributed by atoms with E-state index in [4.69, 9.17) is 0 Å². The molecule has 32 heavy (non-hydrogen) atoms. The van der Waals surface area contributed by atoms with E-state index >= 15 is 0 Å². The molecule has 0 aromatic heterocycles. The maximum atomic E-state index is 3.68. The van der Waals surface area contributed by atoms with Gasteiger partial charge >= 0.3 is 0 Å². The second-order valence-electron chi connectivity index (χ2n) is 7.62. The Kier molecular flexibility index (Phi) is 7.33. The molecule has 0 fully saturated rings. The summed E-state index contributed by atoms with van der Waals surface area (Å²) in [7, 11) is -2.06. The van der Waals surface area contributed by atoms with Gasteiger partial charge in [0.1, 0.15) is 23.2 Å². The molecule has 0 aliphatic carbocycles. The molecule has 0 unspecified atom stereocenters. The number of allylic oxidation sites excluding steroid dienone is 2. The monoisotopic (exact) mass is 434 g/mol. The molecule has 0 aliphatic rings. The van der Waals surface area contributed by atoms with Gasteiger partial charge in [0.15, 0.2) is 0 Å². The standard InChI is InChI=1S/C30H29NP/c1-2-3-16-27(31-26-17-8-4-9-18-26)25-32(28-19-10-5-11-20-28,29-21-12-6-13-22-29)30-23-14-7-15-24-30/h3-25,31H,2H2,1H3/q+1/b16-3+,27-25-. The minimum atomic E-state index is -2.06. The fourth-order valence-corrected chi connectivity index (χ4v) is 7.76. The highest BCUT2D eigenvalue weighted by Crippen LogP contribution is 2.57. The quantitative estimate of drug-likeness (QED) is 0.235. The molecule has 0 heterocycles. The summed E-state index contributed by atoms with van der Waals surface area (Å²) < 4.78 is 0. The van der Waals surface area contributed by atoms with Crippen molar-refractivity contribution in [2.75, 3.05) is 5.32 Å². The van der Waals surface area contributed by atoms with Gasteiger partial charge in [-0.05, 0) is 61.0 Å². The van der Waals surface area contributed by atoms with Gasteiger partial charge in [-0.1, -0.05) is 85.8 Å². The summed E-state index contributed by atoms with van der Waals surface area (Å²) in [5, 5.41) is 7.71. The van der Waals surface area contributed by atoms with Gasteiger partial charge in [0.05, 0.1) is 11.5 Å². The van der Waals surface area contributed by atoms with E-state index < -0.39 is 7.26 Å². The Morgan fingerprint density at radius 3 is 1.44 bits per heavy atom. The summed E-state index contributed by atoms with van der Waals surface area (Å²) in [6, 6.07) is 43.2. The van der Waals surface area contributed by atoms with E-state index in [1.54, 1.807) is 0 Å². The van der Waals surface area contributed by atoms with Crippen molar-refractivity contribution in [3.05, 3.63) is 145 Å². The maximum absolute atomic E-state index is 3.68. The van der Waals surface area contributed by atoms with E-state index in [0.717, 1.165) is 17.8 Å². The molecule has 4 aromatic rings. The number of rotatable bonds is 8. The van der Waals surface area contributed by atoms with E-state index in [1.807, 2.05) is 6.07 Å². The number of nitrogens with one attached hydrogen (secondary N) is 1. The summed E-state index contributed by atoms with van der Waals surface area (Å²) in [5.74, 6) is 2.48. The molecule has 1 N–H and O–H groups in total. The van der Waals surface area contributed by atoms with Crippen molar-refractivity contribution in [1.82, 2.24) is 0 Å². The lowest BCUT2D eigenvalue weighted by atomic mass is 10.3. The molecule has 0 radical (unpaired) electrons. The van der Waals surface area contributed by atoms with Crippen LogP contribution in [0.3, 0.4) is 0 Å². The smallest absolute Gasteiger partial charge is 0.139 e. The van der Waals surface area contributed by atoms with Crippen LogP contribution in [0.15, 0.2) is 145 Å². The number of hydrogen-bond donors (Lipinski definition) is 1. The van der Waals surface area contributed by atoms with Crippen LogP contribution in [0.5, 0.6) is 0 Å². The minimum Gasteiger partial charge on any atom is -0.353 e. The second kappa shape index (κ2) is 10.8. The molecule has 0 spiro atoms. The summed E-state index contributed by atoms with van der Waals surface area (Å²) in [4.78, 5) is 0. The van der Waals surface area contributed by atoms with Gasteiger partial charge in [-0.25, -0.2) is 0 Å². The molecule has 4 rings (SSSR count). The zero-order valence-electron chi connectivity index (χ0n) is 18.4. The molecular weight excluding hydrogens is 405 g/mol. The third-order valence-corrected chi connectivity index (χ3v) is 9.42. The Balaban J connectivity index is 2.00. The maximum Gasteiger partial charge on any atom is 0.139 e. The fraction of sp³-hybridized carbons (Fsp3) is 0.0667. The van der Waals surface area contributed by atoms with Gasteiger partial charge in [0, 0.05) is 5.69 Å². The first-order valence-corrected chi connectivity index (χ1v) is 13.0. The van der Waals surface area contributed by atoms with Crippen LogP contribution >= 0.6 is 7.26 Å². The summed E-state index contributed by atoms with van der Waals surface area (Å²) in [5.41, 5.74) is 2.20. The highest BCUT2D eigenvalue weighted by molar-refractivity contribution is 7.98. The molecule has 0 aliphatic heterocycles. The lowest BCUT2D eigenvalue weighted by molar-refractivity contribution is 1.22. The van der Waals surface area contributed by atoms with Crippen LogP contribution in [-0.4, -0.2) is 0 Å². The summed E-state index contributed by atoms with van der Waals surface area (Å²) in [6.45, 7) is 2.17. The molecule has 2 heteroatoms. The third kappa shape index (κ3) is 4.90. The van der Waals surface area contributed by atoms with E-state index in [1.165, 1.54) is 15.9 Å². The van der Waals surface area contributed by atoms with E-state index in [9.17, 15) is 0 Å². The topological polar surface area (TPSA) is 12.0 Å². The first-order chi connectivity index (χ1) is 15.8. The van der Waals surface area contributed by atoms with Crippen LogP contribution in [0.4, 0.5) is 5.69 Å². The zero-order chi connectivity index (χ0) is 22.1. The van der Waals surface area contributed by atoms with Crippen molar-refractivity contribution >= 4 is 28.9 Å². The van der Waals surface area contributed by atoms with Gasteiger partial charge in [-0.3, -0.25) is 0 Å². The number of hydrogen-bond acceptors (Lipinski definition) is 1. The van der Waals surface area contributed by atoms with Gasteiger partial charge in [0.2, 0.25) is 0 Å². The van der Waals surface area contributed by atoms with Crippen molar-refractivity contribution < 1.29 is 0 Å². The van der Waals surface area contributed by atoms with Crippen LogP contribution in [-0.2, 0) is 0 Å². The third-order valence-electron chi connectivity index (χ3n) is 5.42. The lowest BCUT2D eigenvalue weighted by Gasteiger charge is -2.25. The molecule has 0 amide bonds. The molecule has 1 nitrogen and oxygen atoms in total.